The first kappa shape index (κ1) is 21.1. The molecule has 2 aromatic heterocycles. The normalized spacial score (nSPS) is 14.1. The van der Waals surface area contributed by atoms with Gasteiger partial charge in [0.15, 0.2) is 5.03 Å². The van der Waals surface area contributed by atoms with Gasteiger partial charge in [0.1, 0.15) is 23.8 Å². The number of hydrogen-bond donors (Lipinski definition) is 3. The van der Waals surface area contributed by atoms with Gasteiger partial charge in [0.2, 0.25) is 0 Å². The fourth-order valence-electron chi connectivity index (χ4n) is 2.89. The first-order valence-corrected chi connectivity index (χ1v) is 11.2. The van der Waals surface area contributed by atoms with Crippen molar-refractivity contribution in [3.63, 3.8) is 0 Å². The van der Waals surface area contributed by atoms with Crippen molar-refractivity contribution in [3.8, 4) is 6.07 Å². The van der Waals surface area contributed by atoms with Crippen LogP contribution >= 0.6 is 23.2 Å². The maximum Gasteiger partial charge on any atom is 0.156 e. The monoisotopic (exact) mass is 448 g/mol. The zero-order chi connectivity index (χ0) is 21.3. The standard InChI is InChI=1S/C19H18Cl2N6OS/c1-10-13(9-22)5-7-16(24-10)26-17(12-4-6-14(20)15(21)8-12)18-25-11(2)19(27-18)29(3,23)28/h4-8,17,23H,1-3H3,(H,24,26)(H,25,27). The van der Waals surface area contributed by atoms with Crippen LogP contribution in [0.15, 0.2) is 35.4 Å². The number of aromatic nitrogens is 3. The number of nitriles is 1. The summed E-state index contributed by atoms with van der Waals surface area (Å²) >= 11 is 12.3. The molecule has 3 rings (SSSR count). The zero-order valence-corrected chi connectivity index (χ0v) is 18.2. The van der Waals surface area contributed by atoms with E-state index < -0.39 is 15.8 Å². The van der Waals surface area contributed by atoms with Gasteiger partial charge in [-0.2, -0.15) is 5.26 Å². The molecule has 2 heterocycles. The Hall–Kier alpha value is -2.60. The number of benzene rings is 1. The van der Waals surface area contributed by atoms with Crippen LogP contribution in [0.4, 0.5) is 5.82 Å². The first-order valence-electron chi connectivity index (χ1n) is 8.49. The molecule has 3 N–H and O–H groups in total. The number of anilines is 1. The Labute approximate surface area is 179 Å². The lowest BCUT2D eigenvalue weighted by Gasteiger charge is -2.19. The minimum Gasteiger partial charge on any atom is -0.356 e. The number of pyridine rings is 1. The molecule has 0 spiro atoms. The lowest BCUT2D eigenvalue weighted by Crippen LogP contribution is -2.15. The largest absolute Gasteiger partial charge is 0.356 e. The second-order valence-electron chi connectivity index (χ2n) is 6.59. The minimum absolute atomic E-state index is 0.198. The quantitative estimate of drug-likeness (QED) is 0.515. The van der Waals surface area contributed by atoms with Gasteiger partial charge < -0.3 is 10.3 Å². The van der Waals surface area contributed by atoms with Gasteiger partial charge in [0.05, 0.1) is 31.0 Å². The van der Waals surface area contributed by atoms with Crippen LogP contribution in [0, 0.1) is 30.0 Å². The number of nitrogens with zero attached hydrogens (tertiary/aromatic N) is 3. The van der Waals surface area contributed by atoms with Crippen molar-refractivity contribution in [3.05, 3.63) is 68.7 Å². The van der Waals surface area contributed by atoms with Crippen LogP contribution < -0.4 is 5.32 Å². The van der Waals surface area contributed by atoms with E-state index >= 15 is 0 Å². The Balaban J connectivity index is 2.11. The summed E-state index contributed by atoms with van der Waals surface area (Å²) in [6, 6.07) is 10.1. The lowest BCUT2D eigenvalue weighted by atomic mass is 10.1. The predicted octanol–water partition coefficient (Wildman–Crippen LogP) is 4.84. The van der Waals surface area contributed by atoms with Gasteiger partial charge in [-0.05, 0) is 43.7 Å². The van der Waals surface area contributed by atoms with Crippen molar-refractivity contribution in [2.45, 2.75) is 24.9 Å². The average Bonchev–Trinajstić information content (AvgIpc) is 3.04. The van der Waals surface area contributed by atoms with Crippen LogP contribution in [0.2, 0.25) is 10.0 Å². The molecule has 0 saturated heterocycles. The molecule has 29 heavy (non-hydrogen) atoms. The SMILES string of the molecule is Cc1nc(NC(c2ccc(Cl)c(Cl)c2)c2nc(S(C)(=N)=O)c(C)[nH]2)ccc1C#N. The van der Waals surface area contributed by atoms with Crippen molar-refractivity contribution in [1.82, 2.24) is 15.0 Å². The van der Waals surface area contributed by atoms with E-state index in [0.29, 0.717) is 38.6 Å². The molecule has 150 valence electrons. The maximum atomic E-state index is 12.2. The molecule has 0 aliphatic carbocycles. The number of hydrogen-bond acceptors (Lipinski definition) is 6. The van der Waals surface area contributed by atoms with Crippen molar-refractivity contribution in [1.29, 1.82) is 10.0 Å². The van der Waals surface area contributed by atoms with E-state index in [-0.39, 0.29) is 5.03 Å². The van der Waals surface area contributed by atoms with Crippen LogP contribution in [-0.4, -0.2) is 25.4 Å². The first-order chi connectivity index (χ1) is 13.6. The molecular weight excluding hydrogens is 431 g/mol. The van der Waals surface area contributed by atoms with E-state index in [1.165, 1.54) is 6.26 Å². The number of H-pyrrole nitrogens is 1. The van der Waals surface area contributed by atoms with Crippen LogP contribution in [-0.2, 0) is 9.73 Å². The van der Waals surface area contributed by atoms with Crippen LogP contribution in [0.25, 0.3) is 0 Å². The minimum atomic E-state index is -3.00. The summed E-state index contributed by atoms with van der Waals surface area (Å²) in [7, 11) is -3.00. The molecule has 10 heteroatoms. The summed E-state index contributed by atoms with van der Waals surface area (Å²) in [6.45, 7) is 3.47. The molecule has 0 radical (unpaired) electrons. The van der Waals surface area contributed by atoms with Crippen LogP contribution in [0.3, 0.4) is 0 Å². The molecule has 0 bridgehead atoms. The van der Waals surface area contributed by atoms with Gasteiger partial charge in [0.25, 0.3) is 0 Å². The van der Waals surface area contributed by atoms with Gasteiger partial charge in [0, 0.05) is 11.9 Å². The van der Waals surface area contributed by atoms with Gasteiger partial charge in [-0.15, -0.1) is 0 Å². The number of aryl methyl sites for hydroxylation is 2. The third kappa shape index (κ3) is 4.53. The van der Waals surface area contributed by atoms with E-state index in [0.717, 1.165) is 5.56 Å². The highest BCUT2D eigenvalue weighted by Crippen LogP contribution is 2.31. The molecule has 0 fully saturated rings. The highest BCUT2D eigenvalue weighted by Gasteiger charge is 2.23. The Bertz CT molecular complexity index is 1230. The molecule has 0 amide bonds. The zero-order valence-electron chi connectivity index (χ0n) is 15.9. The van der Waals surface area contributed by atoms with E-state index in [1.54, 1.807) is 44.2 Å². The van der Waals surface area contributed by atoms with E-state index in [4.69, 9.17) is 33.2 Å². The Kier molecular flexibility index (Phi) is 5.85. The molecule has 0 aliphatic heterocycles. The lowest BCUT2D eigenvalue weighted by molar-refractivity contribution is 0.675. The van der Waals surface area contributed by atoms with E-state index in [1.807, 2.05) is 0 Å². The Morgan fingerprint density at radius 3 is 2.48 bits per heavy atom. The van der Waals surface area contributed by atoms with Crippen LogP contribution in [0.1, 0.15) is 34.4 Å². The molecule has 1 aromatic carbocycles. The highest BCUT2D eigenvalue weighted by molar-refractivity contribution is 7.91. The molecule has 0 aliphatic rings. The molecule has 3 aromatic rings. The molecule has 2 unspecified atom stereocenters. The van der Waals surface area contributed by atoms with Crippen molar-refractivity contribution in [2.75, 3.05) is 11.6 Å². The summed E-state index contributed by atoms with van der Waals surface area (Å²) in [5.74, 6) is 0.984. The molecular formula is C19H18Cl2N6OS. The smallest absolute Gasteiger partial charge is 0.156 e. The van der Waals surface area contributed by atoms with Crippen molar-refractivity contribution in [2.24, 2.45) is 0 Å². The summed E-state index contributed by atoms with van der Waals surface area (Å²) in [6.07, 6.45) is 1.33. The summed E-state index contributed by atoms with van der Waals surface area (Å²) < 4.78 is 20.1. The average molecular weight is 449 g/mol. The third-order valence-electron chi connectivity index (χ3n) is 4.28. The number of aromatic amines is 1. The number of halogens is 2. The Morgan fingerprint density at radius 2 is 1.93 bits per heavy atom. The third-order valence-corrected chi connectivity index (χ3v) is 6.15. The number of rotatable bonds is 5. The summed E-state index contributed by atoms with van der Waals surface area (Å²) in [5, 5.41) is 13.4. The second-order valence-corrected chi connectivity index (χ2v) is 9.48. The predicted molar refractivity (Wildman–Crippen MR) is 114 cm³/mol. The van der Waals surface area contributed by atoms with Crippen molar-refractivity contribution >= 4 is 38.7 Å². The number of nitrogens with one attached hydrogen (secondary N) is 3. The maximum absolute atomic E-state index is 12.2. The van der Waals surface area contributed by atoms with Gasteiger partial charge in [-0.25, -0.2) is 19.0 Å². The summed E-state index contributed by atoms with van der Waals surface area (Å²) in [5.41, 5.74) is 2.37. The van der Waals surface area contributed by atoms with E-state index in [2.05, 4.69) is 26.3 Å². The highest BCUT2D eigenvalue weighted by atomic mass is 35.5. The fourth-order valence-corrected chi connectivity index (χ4v) is 4.11. The second kappa shape index (κ2) is 8.03. The topological polar surface area (TPSA) is 118 Å². The van der Waals surface area contributed by atoms with Gasteiger partial charge in [-0.3, -0.25) is 0 Å². The van der Waals surface area contributed by atoms with Gasteiger partial charge in [-0.1, -0.05) is 29.3 Å². The molecule has 0 saturated carbocycles. The van der Waals surface area contributed by atoms with Gasteiger partial charge >= 0.3 is 0 Å². The molecule has 2 atom stereocenters. The van der Waals surface area contributed by atoms with Crippen LogP contribution in [0.5, 0.6) is 0 Å². The molecule has 7 nitrogen and oxygen atoms in total. The fraction of sp³-hybridized carbons (Fsp3) is 0.211. The Morgan fingerprint density at radius 1 is 1.21 bits per heavy atom. The number of imidazole rings is 1. The van der Waals surface area contributed by atoms with E-state index in [9.17, 15) is 4.21 Å². The summed E-state index contributed by atoms with van der Waals surface area (Å²) in [4.78, 5) is 12.0. The van der Waals surface area contributed by atoms with Crippen molar-refractivity contribution < 1.29 is 4.21 Å².